The summed E-state index contributed by atoms with van der Waals surface area (Å²) >= 11 is 0. The summed E-state index contributed by atoms with van der Waals surface area (Å²) in [6.07, 6.45) is 8.00. The molecule has 1 spiro atoms. The number of nitrogens with one attached hydrogen (secondary N) is 1. The van der Waals surface area contributed by atoms with Gasteiger partial charge >= 0.3 is 0 Å². The molecule has 3 aliphatic heterocycles. The smallest absolute Gasteiger partial charge is 0.227 e. The van der Waals surface area contributed by atoms with Crippen molar-refractivity contribution in [2.45, 2.75) is 71.3 Å². The van der Waals surface area contributed by atoms with Crippen molar-refractivity contribution in [3.63, 3.8) is 0 Å². The number of aryl methyl sites for hydroxylation is 2. The molecule has 224 valence electrons. The molecule has 0 radical (unpaired) electrons. The third kappa shape index (κ3) is 5.86. The summed E-state index contributed by atoms with van der Waals surface area (Å²) in [5.74, 6) is 2.31. The summed E-state index contributed by atoms with van der Waals surface area (Å²) in [5, 5.41) is 3.22. The van der Waals surface area contributed by atoms with E-state index in [9.17, 15) is 9.59 Å². The van der Waals surface area contributed by atoms with Crippen molar-refractivity contribution >= 4 is 28.8 Å². The number of benzene rings is 2. The summed E-state index contributed by atoms with van der Waals surface area (Å²) in [6.45, 7) is 7.15. The van der Waals surface area contributed by atoms with E-state index in [4.69, 9.17) is 9.72 Å². The zero-order chi connectivity index (χ0) is 28.9. The van der Waals surface area contributed by atoms with E-state index in [2.05, 4.69) is 52.0 Å². The minimum Gasteiger partial charge on any atom is -0.493 e. The average Bonchev–Trinajstić information content (AvgIpc) is 3.42. The second kappa shape index (κ2) is 12.8. The first-order chi connectivity index (χ1) is 20.6. The number of hydrogen-bond acceptors (Lipinski definition) is 5. The van der Waals surface area contributed by atoms with Gasteiger partial charge in [0.1, 0.15) is 5.75 Å². The van der Waals surface area contributed by atoms with Crippen LogP contribution in [0.25, 0.3) is 11.0 Å². The Morgan fingerprint density at radius 3 is 2.67 bits per heavy atom. The fourth-order valence-corrected chi connectivity index (χ4v) is 7.25. The Bertz CT molecular complexity index is 1390. The number of fused-ring (bicyclic) bond motifs is 2. The van der Waals surface area contributed by atoms with Gasteiger partial charge in [-0.1, -0.05) is 36.8 Å². The molecule has 2 amide bonds. The van der Waals surface area contributed by atoms with E-state index in [0.29, 0.717) is 32.8 Å². The molecule has 1 unspecified atom stereocenters. The quantitative estimate of drug-likeness (QED) is 0.468. The second-order valence-electron chi connectivity index (χ2n) is 12.3. The minimum atomic E-state index is -0.393. The summed E-state index contributed by atoms with van der Waals surface area (Å²) < 4.78 is 8.30. The molecule has 0 bridgehead atoms. The van der Waals surface area contributed by atoms with Gasteiger partial charge in [-0.25, -0.2) is 4.98 Å². The third-order valence-electron chi connectivity index (χ3n) is 9.71. The summed E-state index contributed by atoms with van der Waals surface area (Å²) in [4.78, 5) is 36.7. The molecule has 3 aliphatic rings. The molecular formula is C34H45N5O3. The number of likely N-dealkylation sites (tertiary alicyclic amines) is 1. The van der Waals surface area contributed by atoms with Crippen LogP contribution in [0.2, 0.25) is 0 Å². The normalized spacial score (nSPS) is 21.9. The van der Waals surface area contributed by atoms with Crippen molar-refractivity contribution in [1.29, 1.82) is 0 Å². The molecule has 6 rings (SSSR count). The molecule has 2 saturated heterocycles. The van der Waals surface area contributed by atoms with Crippen LogP contribution < -0.4 is 15.0 Å². The van der Waals surface area contributed by atoms with Gasteiger partial charge in [-0.3, -0.25) is 9.59 Å². The number of nitrogens with zero attached hydrogens (tertiary/aromatic N) is 4. The van der Waals surface area contributed by atoms with Gasteiger partial charge in [0.15, 0.2) is 0 Å². The van der Waals surface area contributed by atoms with Crippen molar-refractivity contribution < 1.29 is 14.3 Å². The molecule has 8 heteroatoms. The Labute approximate surface area is 249 Å². The monoisotopic (exact) mass is 571 g/mol. The molecule has 3 aromatic rings. The Morgan fingerprint density at radius 1 is 1.00 bits per heavy atom. The first kappa shape index (κ1) is 28.6. The van der Waals surface area contributed by atoms with E-state index in [-0.39, 0.29) is 17.7 Å². The number of imidazole rings is 1. The molecule has 8 nitrogen and oxygen atoms in total. The molecule has 4 heterocycles. The lowest BCUT2D eigenvalue weighted by Gasteiger charge is -2.43. The Hall–Kier alpha value is -3.55. The largest absolute Gasteiger partial charge is 0.493 e. The Balaban J connectivity index is 1.10. The zero-order valence-corrected chi connectivity index (χ0v) is 25.0. The van der Waals surface area contributed by atoms with Gasteiger partial charge in [-0.15, -0.1) is 0 Å². The summed E-state index contributed by atoms with van der Waals surface area (Å²) in [6, 6.07) is 16.6. The highest BCUT2D eigenvalue weighted by Gasteiger charge is 2.43. The van der Waals surface area contributed by atoms with Crippen molar-refractivity contribution in [2.24, 2.45) is 11.3 Å². The highest BCUT2D eigenvalue weighted by molar-refractivity contribution is 5.84. The Morgan fingerprint density at radius 2 is 1.81 bits per heavy atom. The molecule has 1 atom stereocenters. The number of carbonyl (C=O) groups excluding carboxylic acids is 2. The maximum absolute atomic E-state index is 13.8. The summed E-state index contributed by atoms with van der Waals surface area (Å²) in [7, 11) is 0. The van der Waals surface area contributed by atoms with Crippen LogP contribution in [0.15, 0.2) is 48.5 Å². The van der Waals surface area contributed by atoms with Gasteiger partial charge in [0.2, 0.25) is 17.8 Å². The van der Waals surface area contributed by atoms with Gasteiger partial charge in [0, 0.05) is 39.3 Å². The number of hydrogen-bond donors (Lipinski definition) is 1. The highest BCUT2D eigenvalue weighted by Crippen LogP contribution is 2.38. The number of ether oxygens (including phenoxy) is 1. The van der Waals surface area contributed by atoms with E-state index in [1.54, 1.807) is 0 Å². The van der Waals surface area contributed by atoms with Crippen molar-refractivity contribution in [2.75, 3.05) is 44.2 Å². The molecule has 0 saturated carbocycles. The molecule has 1 N–H and O–H groups in total. The number of aromatic nitrogens is 2. The van der Waals surface area contributed by atoms with Crippen LogP contribution in [0, 0.1) is 11.3 Å². The zero-order valence-electron chi connectivity index (χ0n) is 25.0. The molecule has 42 heavy (non-hydrogen) atoms. The van der Waals surface area contributed by atoms with Crippen LogP contribution in [-0.2, 0) is 22.6 Å². The predicted octanol–water partition coefficient (Wildman–Crippen LogP) is 5.19. The maximum Gasteiger partial charge on any atom is 0.227 e. The highest BCUT2D eigenvalue weighted by atomic mass is 16.5. The lowest BCUT2D eigenvalue weighted by Crippen LogP contribution is -2.53. The molecule has 1 aromatic heterocycles. The number of rotatable bonds is 3. The van der Waals surface area contributed by atoms with Crippen LogP contribution in [0.5, 0.6) is 5.75 Å². The van der Waals surface area contributed by atoms with Gasteiger partial charge in [0.25, 0.3) is 0 Å². The van der Waals surface area contributed by atoms with Crippen LogP contribution in [0.4, 0.5) is 5.95 Å². The first-order valence-corrected chi connectivity index (χ1v) is 16.1. The van der Waals surface area contributed by atoms with E-state index in [1.807, 2.05) is 23.1 Å². The predicted molar refractivity (Wildman–Crippen MR) is 166 cm³/mol. The van der Waals surface area contributed by atoms with Crippen LogP contribution in [0.3, 0.4) is 0 Å². The van der Waals surface area contributed by atoms with E-state index < -0.39 is 5.41 Å². The number of carbonyl (C=O) groups is 2. The summed E-state index contributed by atoms with van der Waals surface area (Å²) in [5.41, 5.74) is 3.01. The average molecular weight is 572 g/mol. The lowest BCUT2D eigenvalue weighted by molar-refractivity contribution is -0.143. The number of anilines is 1. The first-order valence-electron chi connectivity index (χ1n) is 16.1. The number of amides is 2. The van der Waals surface area contributed by atoms with Gasteiger partial charge in [-0.05, 0) is 82.1 Å². The van der Waals surface area contributed by atoms with Crippen LogP contribution >= 0.6 is 0 Å². The SMILES string of the molecule is CCn1c(N2CCCC(C(=O)N3CCC4(CCCCc5ccccc5OCCCNC4=O)CC3)C2)nc2ccccc21. The Kier molecular flexibility index (Phi) is 8.68. The van der Waals surface area contributed by atoms with E-state index in [0.717, 1.165) is 93.6 Å². The van der Waals surface area contributed by atoms with Crippen LogP contribution in [-0.4, -0.2) is 65.6 Å². The van der Waals surface area contributed by atoms with Gasteiger partial charge in [0.05, 0.1) is 29.0 Å². The van der Waals surface area contributed by atoms with Gasteiger partial charge < -0.3 is 24.4 Å². The number of piperidine rings is 2. The fourth-order valence-electron chi connectivity index (χ4n) is 7.25. The second-order valence-corrected chi connectivity index (χ2v) is 12.3. The fraction of sp³-hybridized carbons (Fsp3) is 0.559. The molecule has 2 fully saturated rings. The van der Waals surface area contributed by atoms with Crippen LogP contribution in [0.1, 0.15) is 63.9 Å². The van der Waals surface area contributed by atoms with Crippen molar-refractivity contribution in [3.05, 3.63) is 54.1 Å². The number of para-hydroxylation sites is 3. The molecule has 0 aliphatic carbocycles. The van der Waals surface area contributed by atoms with Crippen molar-refractivity contribution in [1.82, 2.24) is 19.8 Å². The topological polar surface area (TPSA) is 79.7 Å². The molecular weight excluding hydrogens is 526 g/mol. The lowest BCUT2D eigenvalue weighted by atomic mass is 9.73. The van der Waals surface area contributed by atoms with E-state index in [1.165, 1.54) is 5.56 Å². The van der Waals surface area contributed by atoms with Crippen molar-refractivity contribution in [3.8, 4) is 5.75 Å². The standard InChI is InChI=1S/C34H45N5O3/c1-2-39-29-15-5-4-14-28(29)36-33(39)38-21-9-13-27(25-38)31(40)37-22-18-34(19-23-37)17-8-7-12-26-11-3-6-16-30(26)42-24-10-20-35-32(34)41/h3-6,11,14-16,27H,2,7-10,12-13,17-25H2,1H3,(H,35,41). The molecule has 2 aromatic carbocycles. The minimum absolute atomic E-state index is 0.0353. The third-order valence-corrected chi connectivity index (χ3v) is 9.71. The van der Waals surface area contributed by atoms with Gasteiger partial charge in [-0.2, -0.15) is 0 Å². The maximum atomic E-state index is 13.8. The van der Waals surface area contributed by atoms with E-state index >= 15 is 0 Å².